The topological polar surface area (TPSA) is 29.5 Å². The fourth-order valence-corrected chi connectivity index (χ4v) is 2.30. The Morgan fingerprint density at radius 3 is 2.25 bits per heavy atom. The molecule has 2 heteroatoms. The van der Waals surface area contributed by atoms with E-state index < -0.39 is 0 Å². The Morgan fingerprint density at radius 2 is 1.65 bits per heavy atom. The van der Waals surface area contributed by atoms with E-state index in [1.807, 2.05) is 13.0 Å². The number of benzene rings is 2. The summed E-state index contributed by atoms with van der Waals surface area (Å²) in [5.41, 5.74) is 3.43. The number of hydrogen-bond donors (Lipinski definition) is 1. The van der Waals surface area contributed by atoms with Crippen molar-refractivity contribution in [1.29, 1.82) is 0 Å². The maximum Gasteiger partial charge on any atom is 0.169 e. The fraction of sp³-hybridized carbons (Fsp3) is 0.333. The first-order chi connectivity index (χ1) is 9.29. The van der Waals surface area contributed by atoms with Crippen molar-refractivity contribution in [2.45, 2.75) is 40.0 Å². The van der Waals surface area contributed by atoms with Gasteiger partial charge in [-0.15, -0.1) is 0 Å². The van der Waals surface area contributed by atoms with Crippen LogP contribution in [0.4, 0.5) is 0 Å². The number of phenolic OH excluding ortho intramolecular Hbond substituents is 1. The van der Waals surface area contributed by atoms with E-state index in [1.54, 1.807) is 18.2 Å². The van der Waals surface area contributed by atoms with Crippen LogP contribution in [0, 0.1) is 13.8 Å². The van der Waals surface area contributed by atoms with Gasteiger partial charge in [0, 0.05) is 5.56 Å². The largest absolute Gasteiger partial charge is 0.504 e. The van der Waals surface area contributed by atoms with Crippen molar-refractivity contribution in [3.05, 3.63) is 53.1 Å². The third kappa shape index (κ3) is 2.96. The molecule has 2 aromatic carbocycles. The molecule has 0 fully saturated rings. The lowest BCUT2D eigenvalue weighted by Gasteiger charge is -2.25. The van der Waals surface area contributed by atoms with Gasteiger partial charge in [-0.05, 0) is 37.0 Å². The maximum atomic E-state index is 9.89. The summed E-state index contributed by atoms with van der Waals surface area (Å²) < 4.78 is 6.00. The third-order valence-corrected chi connectivity index (χ3v) is 3.30. The summed E-state index contributed by atoms with van der Waals surface area (Å²) in [7, 11) is 0. The summed E-state index contributed by atoms with van der Waals surface area (Å²) in [6.07, 6.45) is 0. The Morgan fingerprint density at radius 1 is 1.00 bits per heavy atom. The first kappa shape index (κ1) is 14.4. The molecule has 0 amide bonds. The second kappa shape index (κ2) is 5.20. The Hall–Kier alpha value is -1.96. The highest BCUT2D eigenvalue weighted by Gasteiger charge is 2.22. The molecule has 20 heavy (non-hydrogen) atoms. The average molecular weight is 270 g/mol. The zero-order valence-corrected chi connectivity index (χ0v) is 12.8. The van der Waals surface area contributed by atoms with Crippen LogP contribution < -0.4 is 4.74 Å². The molecule has 0 aliphatic carbocycles. The number of para-hydroxylation sites is 2. The normalized spacial score (nSPS) is 11.4. The average Bonchev–Trinajstić information content (AvgIpc) is 2.33. The van der Waals surface area contributed by atoms with Gasteiger partial charge in [-0.2, -0.15) is 0 Å². The molecule has 2 nitrogen and oxygen atoms in total. The van der Waals surface area contributed by atoms with Crippen LogP contribution in [0.15, 0.2) is 36.4 Å². The van der Waals surface area contributed by atoms with Gasteiger partial charge in [-0.25, -0.2) is 0 Å². The molecule has 0 saturated heterocycles. The van der Waals surface area contributed by atoms with Gasteiger partial charge in [0.1, 0.15) is 5.75 Å². The van der Waals surface area contributed by atoms with Gasteiger partial charge in [0.25, 0.3) is 0 Å². The fourth-order valence-electron chi connectivity index (χ4n) is 2.30. The van der Waals surface area contributed by atoms with Crippen molar-refractivity contribution in [3.8, 4) is 17.2 Å². The lowest BCUT2D eigenvalue weighted by Crippen LogP contribution is -2.13. The lowest BCUT2D eigenvalue weighted by atomic mass is 9.84. The molecule has 0 atom stereocenters. The van der Waals surface area contributed by atoms with Crippen LogP contribution in [0.3, 0.4) is 0 Å². The van der Waals surface area contributed by atoms with Crippen LogP contribution >= 0.6 is 0 Å². The molecule has 2 aromatic rings. The second-order valence-corrected chi connectivity index (χ2v) is 6.28. The predicted molar refractivity (Wildman–Crippen MR) is 82.8 cm³/mol. The molecule has 0 spiro atoms. The minimum atomic E-state index is -0.0173. The Kier molecular flexibility index (Phi) is 3.76. The monoisotopic (exact) mass is 270 g/mol. The molecule has 0 heterocycles. The summed E-state index contributed by atoms with van der Waals surface area (Å²) in [5.74, 6) is 1.49. The molecule has 1 N–H and O–H groups in total. The number of ether oxygens (including phenoxy) is 1. The molecular weight excluding hydrogens is 248 g/mol. The van der Waals surface area contributed by atoms with Crippen LogP contribution in [0.25, 0.3) is 0 Å². The molecule has 0 aromatic heterocycles. The van der Waals surface area contributed by atoms with Gasteiger partial charge in [-0.1, -0.05) is 50.6 Å². The summed E-state index contributed by atoms with van der Waals surface area (Å²) in [6, 6.07) is 11.3. The Labute approximate surface area is 121 Å². The molecule has 0 saturated carbocycles. The molecule has 0 unspecified atom stereocenters. The van der Waals surface area contributed by atoms with Crippen molar-refractivity contribution in [2.24, 2.45) is 0 Å². The van der Waals surface area contributed by atoms with E-state index in [0.717, 1.165) is 16.9 Å². The van der Waals surface area contributed by atoms with E-state index >= 15 is 0 Å². The van der Waals surface area contributed by atoms with Crippen LogP contribution in [0.1, 0.15) is 37.5 Å². The number of aryl methyl sites for hydroxylation is 2. The van der Waals surface area contributed by atoms with Crippen molar-refractivity contribution >= 4 is 0 Å². The van der Waals surface area contributed by atoms with Crippen LogP contribution in [-0.2, 0) is 5.41 Å². The molecule has 0 bridgehead atoms. The maximum absolute atomic E-state index is 9.89. The van der Waals surface area contributed by atoms with Gasteiger partial charge >= 0.3 is 0 Å². The summed E-state index contributed by atoms with van der Waals surface area (Å²) in [4.78, 5) is 0. The standard InChI is InChI=1S/C18H22O2/c1-12-10-13(2)17(14(11-12)18(3,4)5)20-16-9-7-6-8-15(16)19/h6-11,19H,1-5H3. The number of rotatable bonds is 2. The summed E-state index contributed by atoms with van der Waals surface area (Å²) in [6.45, 7) is 10.6. The highest BCUT2D eigenvalue weighted by molar-refractivity contribution is 5.51. The second-order valence-electron chi connectivity index (χ2n) is 6.28. The Bertz CT molecular complexity index is 622. The molecular formula is C18H22O2. The predicted octanol–water partition coefficient (Wildman–Crippen LogP) is 5.10. The van der Waals surface area contributed by atoms with Crippen molar-refractivity contribution < 1.29 is 9.84 Å². The van der Waals surface area contributed by atoms with Gasteiger partial charge in [0.15, 0.2) is 11.5 Å². The molecule has 2 rings (SSSR count). The highest BCUT2D eigenvalue weighted by atomic mass is 16.5. The van der Waals surface area contributed by atoms with E-state index in [9.17, 15) is 5.11 Å². The number of hydrogen-bond acceptors (Lipinski definition) is 2. The quantitative estimate of drug-likeness (QED) is 0.822. The van der Waals surface area contributed by atoms with E-state index in [2.05, 4.69) is 39.8 Å². The van der Waals surface area contributed by atoms with E-state index in [1.165, 1.54) is 5.56 Å². The van der Waals surface area contributed by atoms with Crippen molar-refractivity contribution in [2.75, 3.05) is 0 Å². The van der Waals surface area contributed by atoms with Crippen LogP contribution in [-0.4, -0.2) is 5.11 Å². The first-order valence-electron chi connectivity index (χ1n) is 6.86. The zero-order chi connectivity index (χ0) is 14.9. The Balaban J connectivity index is 2.54. The summed E-state index contributed by atoms with van der Waals surface area (Å²) in [5, 5.41) is 9.89. The first-order valence-corrected chi connectivity index (χ1v) is 6.86. The zero-order valence-electron chi connectivity index (χ0n) is 12.8. The third-order valence-electron chi connectivity index (χ3n) is 3.30. The lowest BCUT2D eigenvalue weighted by molar-refractivity contribution is 0.400. The minimum absolute atomic E-state index is 0.0173. The number of phenols is 1. The smallest absolute Gasteiger partial charge is 0.169 e. The van der Waals surface area contributed by atoms with Gasteiger partial charge in [-0.3, -0.25) is 0 Å². The SMILES string of the molecule is Cc1cc(C)c(Oc2ccccc2O)c(C(C)(C)C)c1. The van der Waals surface area contributed by atoms with Gasteiger partial charge in [0.2, 0.25) is 0 Å². The molecule has 106 valence electrons. The van der Waals surface area contributed by atoms with Crippen molar-refractivity contribution in [1.82, 2.24) is 0 Å². The van der Waals surface area contributed by atoms with E-state index in [0.29, 0.717) is 5.75 Å². The van der Waals surface area contributed by atoms with E-state index in [4.69, 9.17) is 4.74 Å². The van der Waals surface area contributed by atoms with Gasteiger partial charge in [0.05, 0.1) is 0 Å². The van der Waals surface area contributed by atoms with E-state index in [-0.39, 0.29) is 11.2 Å². The van der Waals surface area contributed by atoms with Gasteiger partial charge < -0.3 is 9.84 Å². The summed E-state index contributed by atoms with van der Waals surface area (Å²) >= 11 is 0. The minimum Gasteiger partial charge on any atom is -0.504 e. The van der Waals surface area contributed by atoms with Crippen molar-refractivity contribution in [3.63, 3.8) is 0 Å². The highest BCUT2D eigenvalue weighted by Crippen LogP contribution is 2.39. The molecule has 0 aliphatic heterocycles. The van der Waals surface area contributed by atoms with Crippen LogP contribution in [0.5, 0.6) is 17.2 Å². The number of aromatic hydroxyl groups is 1. The molecule has 0 radical (unpaired) electrons. The molecule has 0 aliphatic rings. The van der Waals surface area contributed by atoms with Crippen LogP contribution in [0.2, 0.25) is 0 Å².